The van der Waals surface area contributed by atoms with Gasteiger partial charge in [-0.25, -0.2) is 0 Å². The zero-order valence-corrected chi connectivity index (χ0v) is 11.3. The van der Waals surface area contributed by atoms with Crippen LogP contribution in [0.1, 0.15) is 43.6 Å². The fourth-order valence-corrected chi connectivity index (χ4v) is 2.71. The number of hydrogen-bond donors (Lipinski definition) is 2. The van der Waals surface area contributed by atoms with Crippen LogP contribution in [0.5, 0.6) is 0 Å². The standard InChI is InChI=1S/C13H22N4O/c1-8-5-4-6-11(9(8)2)15-13(18)12-10(14)7-17(3)16-12/h7-9,11H,4-6,14H2,1-3H3,(H,15,18). The quantitative estimate of drug-likeness (QED) is 0.836. The van der Waals surface area contributed by atoms with Crippen LogP contribution in [0.2, 0.25) is 0 Å². The van der Waals surface area contributed by atoms with Crippen LogP contribution < -0.4 is 11.1 Å². The Morgan fingerprint density at radius 3 is 2.83 bits per heavy atom. The molecule has 1 amide bonds. The predicted molar refractivity (Wildman–Crippen MR) is 71.1 cm³/mol. The van der Waals surface area contributed by atoms with Gasteiger partial charge in [0.15, 0.2) is 5.69 Å². The number of aryl methyl sites for hydroxylation is 1. The van der Waals surface area contributed by atoms with Crippen LogP contribution in [0.15, 0.2) is 6.20 Å². The van der Waals surface area contributed by atoms with Gasteiger partial charge in [0.05, 0.1) is 5.69 Å². The summed E-state index contributed by atoms with van der Waals surface area (Å²) in [5.41, 5.74) is 6.54. The van der Waals surface area contributed by atoms with Gasteiger partial charge >= 0.3 is 0 Å². The average Bonchev–Trinajstić information content (AvgIpc) is 2.64. The molecule has 1 fully saturated rings. The van der Waals surface area contributed by atoms with E-state index in [1.54, 1.807) is 17.9 Å². The van der Waals surface area contributed by atoms with Gasteiger partial charge in [0.2, 0.25) is 0 Å². The first kappa shape index (κ1) is 12.9. The van der Waals surface area contributed by atoms with Crippen LogP contribution in [0, 0.1) is 11.8 Å². The average molecular weight is 250 g/mol. The van der Waals surface area contributed by atoms with E-state index >= 15 is 0 Å². The number of hydrogen-bond acceptors (Lipinski definition) is 3. The Kier molecular flexibility index (Phi) is 3.59. The minimum Gasteiger partial charge on any atom is -0.396 e. The molecule has 0 saturated heterocycles. The molecule has 3 unspecified atom stereocenters. The van der Waals surface area contributed by atoms with E-state index in [-0.39, 0.29) is 11.9 Å². The number of nitrogens with two attached hydrogens (primary N) is 1. The maximum atomic E-state index is 12.1. The molecule has 0 aliphatic heterocycles. The van der Waals surface area contributed by atoms with E-state index < -0.39 is 0 Å². The molecule has 0 aromatic carbocycles. The van der Waals surface area contributed by atoms with E-state index in [2.05, 4.69) is 24.3 Å². The molecule has 1 saturated carbocycles. The van der Waals surface area contributed by atoms with Gasteiger partial charge in [-0.15, -0.1) is 0 Å². The summed E-state index contributed by atoms with van der Waals surface area (Å²) in [5.74, 6) is 1.01. The van der Waals surface area contributed by atoms with Crippen LogP contribution in [0.3, 0.4) is 0 Å². The zero-order chi connectivity index (χ0) is 13.3. The molecule has 1 aliphatic carbocycles. The number of carbonyl (C=O) groups is 1. The molecule has 100 valence electrons. The Morgan fingerprint density at radius 1 is 1.50 bits per heavy atom. The van der Waals surface area contributed by atoms with Gasteiger partial charge in [0, 0.05) is 19.3 Å². The van der Waals surface area contributed by atoms with Gasteiger partial charge in [-0.2, -0.15) is 5.10 Å². The number of nitrogens with one attached hydrogen (secondary N) is 1. The van der Waals surface area contributed by atoms with Crippen molar-refractivity contribution in [1.82, 2.24) is 15.1 Å². The summed E-state index contributed by atoms with van der Waals surface area (Å²) in [7, 11) is 1.76. The Hall–Kier alpha value is -1.52. The highest BCUT2D eigenvalue weighted by molar-refractivity contribution is 5.97. The van der Waals surface area contributed by atoms with Crippen molar-refractivity contribution in [2.24, 2.45) is 18.9 Å². The summed E-state index contributed by atoms with van der Waals surface area (Å²) in [6, 6.07) is 0.239. The first-order chi connectivity index (χ1) is 8.49. The Balaban J connectivity index is 2.05. The monoisotopic (exact) mass is 250 g/mol. The molecule has 1 aromatic rings. The number of aromatic nitrogens is 2. The van der Waals surface area contributed by atoms with E-state index in [0.717, 1.165) is 6.42 Å². The van der Waals surface area contributed by atoms with Gasteiger partial charge in [0.25, 0.3) is 5.91 Å². The van der Waals surface area contributed by atoms with Crippen molar-refractivity contribution in [3.05, 3.63) is 11.9 Å². The van der Waals surface area contributed by atoms with Crippen molar-refractivity contribution in [2.45, 2.75) is 39.2 Å². The minimum absolute atomic E-state index is 0.154. The normalized spacial score (nSPS) is 28.1. The van der Waals surface area contributed by atoms with Crippen LogP contribution in [0.25, 0.3) is 0 Å². The third-order valence-corrected chi connectivity index (χ3v) is 4.10. The molecule has 0 bridgehead atoms. The Morgan fingerprint density at radius 2 is 2.22 bits per heavy atom. The number of amides is 1. The van der Waals surface area contributed by atoms with Crippen LogP contribution in [-0.4, -0.2) is 21.7 Å². The van der Waals surface area contributed by atoms with E-state index in [1.807, 2.05) is 0 Å². The molecule has 5 heteroatoms. The number of nitrogens with zero attached hydrogens (tertiary/aromatic N) is 2. The van der Waals surface area contributed by atoms with Crippen LogP contribution in [0.4, 0.5) is 5.69 Å². The smallest absolute Gasteiger partial charge is 0.274 e. The second-order valence-corrected chi connectivity index (χ2v) is 5.45. The maximum absolute atomic E-state index is 12.1. The highest BCUT2D eigenvalue weighted by atomic mass is 16.2. The van der Waals surface area contributed by atoms with Gasteiger partial charge in [-0.3, -0.25) is 9.48 Å². The molecule has 3 N–H and O–H groups in total. The molecule has 18 heavy (non-hydrogen) atoms. The summed E-state index contributed by atoms with van der Waals surface area (Å²) in [5, 5.41) is 7.17. The Bertz CT molecular complexity index is 440. The molecule has 2 rings (SSSR count). The fraction of sp³-hybridized carbons (Fsp3) is 0.692. The van der Waals surface area contributed by atoms with Crippen LogP contribution in [-0.2, 0) is 7.05 Å². The van der Waals surface area contributed by atoms with Crippen molar-refractivity contribution < 1.29 is 4.79 Å². The van der Waals surface area contributed by atoms with Crippen molar-refractivity contribution in [1.29, 1.82) is 0 Å². The first-order valence-electron chi connectivity index (χ1n) is 6.59. The molecule has 1 aliphatic rings. The van der Waals surface area contributed by atoms with Crippen molar-refractivity contribution in [3.8, 4) is 0 Å². The lowest BCUT2D eigenvalue weighted by molar-refractivity contribution is 0.0886. The third-order valence-electron chi connectivity index (χ3n) is 4.10. The molecule has 1 aromatic heterocycles. The highest BCUT2D eigenvalue weighted by Gasteiger charge is 2.29. The summed E-state index contributed by atoms with van der Waals surface area (Å²) in [6.07, 6.45) is 5.12. The number of anilines is 1. The first-order valence-corrected chi connectivity index (χ1v) is 6.59. The molecule has 0 radical (unpaired) electrons. The summed E-state index contributed by atoms with van der Waals surface area (Å²) < 4.78 is 1.57. The molecule has 3 atom stereocenters. The van der Waals surface area contributed by atoms with Crippen molar-refractivity contribution >= 4 is 11.6 Å². The second kappa shape index (κ2) is 5.00. The minimum atomic E-state index is -0.154. The lowest BCUT2D eigenvalue weighted by Crippen LogP contribution is -2.44. The zero-order valence-electron chi connectivity index (χ0n) is 11.3. The molecule has 0 spiro atoms. The number of nitrogen functional groups attached to an aromatic ring is 1. The molecular formula is C13H22N4O. The largest absolute Gasteiger partial charge is 0.396 e. The SMILES string of the molecule is CC1CCCC(NC(=O)c2nn(C)cc2N)C1C. The van der Waals surface area contributed by atoms with Gasteiger partial charge in [-0.05, 0) is 18.3 Å². The summed E-state index contributed by atoms with van der Waals surface area (Å²) in [6.45, 7) is 4.45. The Labute approximate surface area is 108 Å². The van der Waals surface area contributed by atoms with Gasteiger partial charge in [-0.1, -0.05) is 26.7 Å². The van der Waals surface area contributed by atoms with E-state index in [9.17, 15) is 4.79 Å². The van der Waals surface area contributed by atoms with Gasteiger partial charge in [0.1, 0.15) is 0 Å². The molecule has 5 nitrogen and oxygen atoms in total. The number of rotatable bonds is 2. The van der Waals surface area contributed by atoms with Gasteiger partial charge < -0.3 is 11.1 Å². The lowest BCUT2D eigenvalue weighted by Gasteiger charge is -2.34. The predicted octanol–water partition coefficient (Wildman–Crippen LogP) is 1.56. The number of carbonyl (C=O) groups excluding carboxylic acids is 1. The third kappa shape index (κ3) is 2.49. The highest BCUT2D eigenvalue weighted by Crippen LogP contribution is 2.29. The van der Waals surface area contributed by atoms with Crippen LogP contribution >= 0.6 is 0 Å². The maximum Gasteiger partial charge on any atom is 0.274 e. The topological polar surface area (TPSA) is 72.9 Å². The van der Waals surface area contributed by atoms with Crippen molar-refractivity contribution in [3.63, 3.8) is 0 Å². The lowest BCUT2D eigenvalue weighted by atomic mass is 9.78. The van der Waals surface area contributed by atoms with E-state index in [4.69, 9.17) is 5.73 Å². The van der Waals surface area contributed by atoms with Crippen molar-refractivity contribution in [2.75, 3.05) is 5.73 Å². The summed E-state index contributed by atoms with van der Waals surface area (Å²) >= 11 is 0. The molecule has 1 heterocycles. The molecular weight excluding hydrogens is 228 g/mol. The second-order valence-electron chi connectivity index (χ2n) is 5.45. The summed E-state index contributed by atoms with van der Waals surface area (Å²) in [4.78, 5) is 12.1. The van der Waals surface area contributed by atoms with E-state index in [0.29, 0.717) is 23.2 Å². The fourth-order valence-electron chi connectivity index (χ4n) is 2.71. The van der Waals surface area contributed by atoms with E-state index in [1.165, 1.54) is 12.8 Å².